The molecule has 90 valence electrons. The molecule has 0 saturated carbocycles. The van der Waals surface area contributed by atoms with Crippen LogP contribution in [0.25, 0.3) is 5.65 Å². The van der Waals surface area contributed by atoms with Gasteiger partial charge in [0.1, 0.15) is 20.5 Å². The second-order valence-electron chi connectivity index (χ2n) is 3.02. The Hall–Kier alpha value is -0.850. The zero-order valence-electron chi connectivity index (χ0n) is 8.58. The van der Waals surface area contributed by atoms with Crippen molar-refractivity contribution in [1.82, 2.24) is 14.6 Å². The summed E-state index contributed by atoms with van der Waals surface area (Å²) in [5.74, 6) is -0.528. The molecule has 0 unspecified atom stereocenters. The van der Waals surface area contributed by atoms with Gasteiger partial charge >= 0.3 is 5.97 Å². The van der Waals surface area contributed by atoms with Gasteiger partial charge in [-0.25, -0.2) is 14.3 Å². The van der Waals surface area contributed by atoms with E-state index in [1.165, 1.54) is 10.6 Å². The molecule has 2 aromatic rings. The van der Waals surface area contributed by atoms with E-state index in [-0.39, 0.29) is 28.1 Å². The van der Waals surface area contributed by atoms with Crippen LogP contribution >= 0.6 is 39.1 Å². The fourth-order valence-electron chi connectivity index (χ4n) is 1.31. The topological polar surface area (TPSA) is 56.5 Å². The van der Waals surface area contributed by atoms with E-state index in [2.05, 4.69) is 26.0 Å². The van der Waals surface area contributed by atoms with Crippen LogP contribution in [0.1, 0.15) is 17.3 Å². The number of rotatable bonds is 2. The van der Waals surface area contributed by atoms with Gasteiger partial charge in [-0.05, 0) is 22.9 Å². The van der Waals surface area contributed by atoms with Crippen molar-refractivity contribution in [1.29, 1.82) is 0 Å². The molecule has 2 heterocycles. The van der Waals surface area contributed by atoms with E-state index >= 15 is 0 Å². The first-order valence-corrected chi connectivity index (χ1v) is 6.17. The zero-order valence-corrected chi connectivity index (χ0v) is 11.7. The van der Waals surface area contributed by atoms with Crippen LogP contribution in [0.4, 0.5) is 0 Å². The average molecular weight is 339 g/mol. The molecular formula is C9H6BrCl2N3O2. The number of carbonyl (C=O) groups is 1. The lowest BCUT2D eigenvalue weighted by molar-refractivity contribution is 0.0527. The maximum atomic E-state index is 11.7. The summed E-state index contributed by atoms with van der Waals surface area (Å²) < 4.78 is 6.53. The third kappa shape index (κ3) is 2.25. The first-order chi connectivity index (χ1) is 8.04. The van der Waals surface area contributed by atoms with Gasteiger partial charge in [0.15, 0.2) is 5.65 Å². The van der Waals surface area contributed by atoms with Crippen molar-refractivity contribution in [3.8, 4) is 0 Å². The molecular weight excluding hydrogens is 333 g/mol. The molecule has 0 atom stereocenters. The van der Waals surface area contributed by atoms with Gasteiger partial charge in [0.25, 0.3) is 0 Å². The van der Waals surface area contributed by atoms with Crippen LogP contribution in [-0.4, -0.2) is 27.2 Å². The third-order valence-corrected chi connectivity index (χ3v) is 2.97. The minimum absolute atomic E-state index is 0.181. The maximum Gasteiger partial charge on any atom is 0.344 e. The van der Waals surface area contributed by atoms with E-state index in [0.29, 0.717) is 4.60 Å². The van der Waals surface area contributed by atoms with Crippen LogP contribution in [0.2, 0.25) is 10.3 Å². The molecule has 0 aromatic carbocycles. The summed E-state index contributed by atoms with van der Waals surface area (Å²) in [5, 5.41) is 4.48. The van der Waals surface area contributed by atoms with Gasteiger partial charge < -0.3 is 4.74 Å². The summed E-state index contributed by atoms with van der Waals surface area (Å²) in [7, 11) is 0. The maximum absolute atomic E-state index is 11.7. The number of aromatic nitrogens is 3. The second kappa shape index (κ2) is 4.80. The van der Waals surface area contributed by atoms with Crippen molar-refractivity contribution in [3.05, 3.63) is 26.5 Å². The molecule has 8 heteroatoms. The van der Waals surface area contributed by atoms with E-state index in [0.717, 1.165) is 0 Å². The first kappa shape index (κ1) is 12.6. The Kier molecular flexibility index (Phi) is 3.56. The third-order valence-electron chi connectivity index (χ3n) is 1.95. The minimum Gasteiger partial charge on any atom is -0.462 e. The van der Waals surface area contributed by atoms with E-state index in [1.807, 2.05) is 0 Å². The average Bonchev–Trinajstić information content (AvgIpc) is 2.55. The number of hydrogen-bond acceptors (Lipinski definition) is 4. The van der Waals surface area contributed by atoms with Crippen molar-refractivity contribution in [2.45, 2.75) is 6.92 Å². The Morgan fingerprint density at radius 3 is 2.94 bits per heavy atom. The molecule has 0 aliphatic rings. The summed E-state index contributed by atoms with van der Waals surface area (Å²) in [6, 6.07) is 1.44. The van der Waals surface area contributed by atoms with Crippen molar-refractivity contribution >= 4 is 50.7 Å². The van der Waals surface area contributed by atoms with Crippen molar-refractivity contribution < 1.29 is 9.53 Å². The smallest absolute Gasteiger partial charge is 0.344 e. The molecule has 0 amide bonds. The van der Waals surface area contributed by atoms with Gasteiger partial charge in [-0.3, -0.25) is 0 Å². The van der Waals surface area contributed by atoms with Crippen LogP contribution in [0, 0.1) is 0 Å². The van der Waals surface area contributed by atoms with E-state index in [1.54, 1.807) is 6.92 Å². The molecule has 0 aliphatic heterocycles. The van der Waals surface area contributed by atoms with Gasteiger partial charge in [-0.2, -0.15) is 5.10 Å². The summed E-state index contributed by atoms with van der Waals surface area (Å²) in [5.41, 5.74) is 0.462. The predicted molar refractivity (Wildman–Crippen MR) is 66.7 cm³/mol. The number of fused-ring (bicyclic) bond motifs is 1. The normalized spacial score (nSPS) is 10.8. The number of hydrogen-bond donors (Lipinski definition) is 0. The number of carbonyl (C=O) groups excluding carboxylic acids is 1. The Balaban J connectivity index is 2.70. The van der Waals surface area contributed by atoms with E-state index < -0.39 is 5.97 Å². The molecule has 2 rings (SSSR count). The van der Waals surface area contributed by atoms with Crippen molar-refractivity contribution in [2.24, 2.45) is 0 Å². The molecule has 5 nitrogen and oxygen atoms in total. The van der Waals surface area contributed by atoms with Crippen LogP contribution in [0.5, 0.6) is 0 Å². The van der Waals surface area contributed by atoms with Gasteiger partial charge in [-0.15, -0.1) is 0 Å². The standard InChI is InChI=1S/C9H6BrCl2N3O2/c1-2-17-9(16)6-7(10)14-15-5(12)3-4(11)13-8(6)15/h3H,2H2,1H3. The highest BCUT2D eigenvalue weighted by atomic mass is 79.9. The largest absolute Gasteiger partial charge is 0.462 e. The van der Waals surface area contributed by atoms with Gasteiger partial charge in [-0.1, -0.05) is 23.2 Å². The number of nitrogens with zero attached hydrogens (tertiary/aromatic N) is 3. The second-order valence-corrected chi connectivity index (χ2v) is 4.55. The summed E-state index contributed by atoms with van der Waals surface area (Å²) in [6.45, 7) is 1.97. The van der Waals surface area contributed by atoms with Crippen LogP contribution in [0.3, 0.4) is 0 Å². The van der Waals surface area contributed by atoms with Crippen molar-refractivity contribution in [3.63, 3.8) is 0 Å². The molecule has 2 aromatic heterocycles. The number of ether oxygens (including phenoxy) is 1. The highest BCUT2D eigenvalue weighted by Crippen LogP contribution is 2.25. The first-order valence-electron chi connectivity index (χ1n) is 4.62. The molecule has 0 saturated heterocycles. The highest BCUT2D eigenvalue weighted by Gasteiger charge is 2.22. The van der Waals surface area contributed by atoms with E-state index in [9.17, 15) is 4.79 Å². The number of esters is 1. The molecule has 0 fully saturated rings. The quantitative estimate of drug-likeness (QED) is 0.624. The summed E-state index contributed by atoms with van der Waals surface area (Å²) in [4.78, 5) is 15.7. The highest BCUT2D eigenvalue weighted by molar-refractivity contribution is 9.10. The fourth-order valence-corrected chi connectivity index (χ4v) is 2.27. The molecule has 17 heavy (non-hydrogen) atoms. The number of halogens is 3. The van der Waals surface area contributed by atoms with Crippen LogP contribution in [0.15, 0.2) is 10.7 Å². The minimum atomic E-state index is -0.528. The van der Waals surface area contributed by atoms with Crippen molar-refractivity contribution in [2.75, 3.05) is 6.61 Å². The van der Waals surface area contributed by atoms with Crippen LogP contribution < -0.4 is 0 Å². The Bertz CT molecular complexity index is 599. The summed E-state index contributed by atoms with van der Waals surface area (Å²) in [6.07, 6.45) is 0. The summed E-state index contributed by atoms with van der Waals surface area (Å²) >= 11 is 14.9. The lowest BCUT2D eigenvalue weighted by Crippen LogP contribution is -2.05. The zero-order chi connectivity index (χ0) is 12.6. The molecule has 0 N–H and O–H groups in total. The molecule has 0 spiro atoms. The van der Waals surface area contributed by atoms with Gasteiger partial charge in [0.05, 0.1) is 6.61 Å². The van der Waals surface area contributed by atoms with Crippen LogP contribution in [-0.2, 0) is 4.74 Å². The molecule has 0 bridgehead atoms. The fraction of sp³-hybridized carbons (Fsp3) is 0.222. The monoisotopic (exact) mass is 337 g/mol. The molecule has 0 radical (unpaired) electrons. The molecule has 0 aliphatic carbocycles. The Morgan fingerprint density at radius 2 is 2.29 bits per heavy atom. The Labute approximate surface area is 115 Å². The lowest BCUT2D eigenvalue weighted by atomic mass is 10.3. The SMILES string of the molecule is CCOC(=O)c1c(Br)nn2c(Cl)cc(Cl)nc12. The Morgan fingerprint density at radius 1 is 1.59 bits per heavy atom. The van der Waals surface area contributed by atoms with Gasteiger partial charge in [0.2, 0.25) is 0 Å². The lowest BCUT2D eigenvalue weighted by Gasteiger charge is -2.00. The van der Waals surface area contributed by atoms with E-state index in [4.69, 9.17) is 27.9 Å². The predicted octanol–water partition coefficient (Wildman–Crippen LogP) is 2.98. The van der Waals surface area contributed by atoms with Gasteiger partial charge in [0, 0.05) is 6.07 Å².